The predicted octanol–water partition coefficient (Wildman–Crippen LogP) is 8.66. The van der Waals surface area contributed by atoms with Crippen molar-refractivity contribution in [2.24, 2.45) is 0 Å². The summed E-state index contributed by atoms with van der Waals surface area (Å²) in [7, 11) is -1.36. The van der Waals surface area contributed by atoms with Gasteiger partial charge in [0.2, 0.25) is 0 Å². The first-order chi connectivity index (χ1) is 18.3. The van der Waals surface area contributed by atoms with Crippen molar-refractivity contribution in [2.75, 3.05) is 0 Å². The molecule has 5 heteroatoms. The molecule has 3 nitrogen and oxygen atoms in total. The standard InChI is InChI=1S/C20H18NOSi.C14H14N.Ir/c1-23(2,3)14-10-11-15-16-7-6-8-17(18-9-4-5-12-21-18)20(16)22-19(15)13-14;1-11(2)13-8-9-14(15-10-13)12-6-4-3-5-7-12;/h4-7,9-13H,1-3H3;3-6,8-11H,1-2H3;/q2*-1;. The predicted molar refractivity (Wildman–Crippen MR) is 161 cm³/mol. The summed E-state index contributed by atoms with van der Waals surface area (Å²) in [4.78, 5) is 8.88. The van der Waals surface area contributed by atoms with Crippen molar-refractivity contribution in [1.29, 1.82) is 0 Å². The molecule has 3 heterocycles. The molecule has 6 rings (SSSR count). The van der Waals surface area contributed by atoms with E-state index in [0.29, 0.717) is 5.92 Å². The van der Waals surface area contributed by atoms with Gasteiger partial charge in [-0.25, -0.2) is 0 Å². The van der Waals surface area contributed by atoms with Crippen molar-refractivity contribution >= 4 is 35.2 Å². The van der Waals surface area contributed by atoms with Crippen molar-refractivity contribution < 1.29 is 24.5 Å². The molecule has 0 aliphatic heterocycles. The Labute approximate surface area is 245 Å². The molecule has 0 bridgehead atoms. The zero-order chi connectivity index (χ0) is 26.7. The molecule has 1 radical (unpaired) electrons. The van der Waals surface area contributed by atoms with Crippen LogP contribution in [-0.4, -0.2) is 18.0 Å². The van der Waals surface area contributed by atoms with Crippen LogP contribution in [-0.2, 0) is 20.1 Å². The van der Waals surface area contributed by atoms with E-state index in [9.17, 15) is 0 Å². The normalized spacial score (nSPS) is 11.2. The molecule has 39 heavy (non-hydrogen) atoms. The van der Waals surface area contributed by atoms with Crippen LogP contribution in [0.2, 0.25) is 19.6 Å². The van der Waals surface area contributed by atoms with Gasteiger partial charge in [-0.2, -0.15) is 0 Å². The van der Waals surface area contributed by atoms with Gasteiger partial charge in [-0.1, -0.05) is 86.0 Å². The Morgan fingerprint density at radius 1 is 0.769 bits per heavy atom. The van der Waals surface area contributed by atoms with E-state index in [1.807, 2.05) is 54.7 Å². The van der Waals surface area contributed by atoms with E-state index in [2.05, 4.69) is 92.0 Å². The van der Waals surface area contributed by atoms with Crippen LogP contribution in [0.25, 0.3) is 44.5 Å². The molecule has 0 fully saturated rings. The van der Waals surface area contributed by atoms with Crippen molar-refractivity contribution in [2.45, 2.75) is 39.4 Å². The maximum absolute atomic E-state index is 6.22. The summed E-state index contributed by atoms with van der Waals surface area (Å²) < 4.78 is 6.22. The molecule has 0 saturated heterocycles. The van der Waals surface area contributed by atoms with Gasteiger partial charge in [0.25, 0.3) is 0 Å². The van der Waals surface area contributed by atoms with E-state index in [-0.39, 0.29) is 20.1 Å². The number of fused-ring (bicyclic) bond motifs is 3. The number of aromatic nitrogens is 2. The Morgan fingerprint density at radius 3 is 2.23 bits per heavy atom. The quantitative estimate of drug-likeness (QED) is 0.136. The maximum Gasteiger partial charge on any atom is 0.120 e. The van der Waals surface area contributed by atoms with Gasteiger partial charge in [0.15, 0.2) is 0 Å². The van der Waals surface area contributed by atoms with Gasteiger partial charge in [-0.15, -0.1) is 54.1 Å². The number of pyridine rings is 2. The van der Waals surface area contributed by atoms with Crippen molar-refractivity contribution in [3.63, 3.8) is 0 Å². The largest absolute Gasteiger partial charge is 0.501 e. The smallest absolute Gasteiger partial charge is 0.120 e. The van der Waals surface area contributed by atoms with E-state index >= 15 is 0 Å². The molecule has 0 aliphatic rings. The zero-order valence-electron chi connectivity index (χ0n) is 23.0. The third-order valence-corrected chi connectivity index (χ3v) is 8.70. The molecule has 3 aromatic carbocycles. The third kappa shape index (κ3) is 6.44. The molecule has 3 aromatic heterocycles. The number of hydrogen-bond donors (Lipinski definition) is 0. The molecule has 0 atom stereocenters. The fourth-order valence-electron chi connectivity index (χ4n) is 4.37. The number of hydrogen-bond acceptors (Lipinski definition) is 3. The molecule has 0 unspecified atom stereocenters. The second-order valence-electron chi connectivity index (χ2n) is 10.8. The third-order valence-electron chi connectivity index (χ3n) is 6.66. The molecule has 0 N–H and O–H groups in total. The van der Waals surface area contributed by atoms with E-state index in [0.717, 1.165) is 44.5 Å². The van der Waals surface area contributed by atoms with Gasteiger partial charge < -0.3 is 14.4 Å². The number of furan rings is 1. The fourth-order valence-corrected chi connectivity index (χ4v) is 5.52. The maximum atomic E-state index is 6.22. The topological polar surface area (TPSA) is 38.9 Å². The number of rotatable bonds is 4. The van der Waals surface area contributed by atoms with Crippen LogP contribution >= 0.6 is 0 Å². The van der Waals surface area contributed by atoms with Crippen molar-refractivity contribution in [1.82, 2.24) is 9.97 Å². The van der Waals surface area contributed by atoms with Gasteiger partial charge in [0, 0.05) is 37.9 Å². The Kier molecular flexibility index (Phi) is 8.96. The second kappa shape index (κ2) is 12.2. The number of nitrogens with zero attached hydrogens (tertiary/aromatic N) is 2. The van der Waals surface area contributed by atoms with Crippen LogP contribution in [0, 0.1) is 12.1 Å². The summed E-state index contributed by atoms with van der Waals surface area (Å²) in [6.07, 6.45) is 3.74. The Balaban J connectivity index is 0.000000192. The molecular weight excluding hydrogens is 673 g/mol. The van der Waals surface area contributed by atoms with E-state index in [1.165, 1.54) is 10.8 Å². The van der Waals surface area contributed by atoms with Gasteiger partial charge in [0.1, 0.15) is 5.58 Å². The summed E-state index contributed by atoms with van der Waals surface area (Å²) in [5.74, 6) is 0.534. The zero-order valence-corrected chi connectivity index (χ0v) is 26.3. The summed E-state index contributed by atoms with van der Waals surface area (Å²) in [5, 5.41) is 3.70. The van der Waals surface area contributed by atoms with E-state index in [1.54, 1.807) is 6.20 Å². The Bertz CT molecular complexity index is 1660. The molecular formula is C34H32IrN2OSi-2. The van der Waals surface area contributed by atoms with Crippen molar-refractivity contribution in [3.8, 4) is 22.5 Å². The van der Waals surface area contributed by atoms with E-state index in [4.69, 9.17) is 4.42 Å². The molecule has 0 aliphatic carbocycles. The van der Waals surface area contributed by atoms with Crippen LogP contribution in [0.5, 0.6) is 0 Å². The van der Waals surface area contributed by atoms with Crippen LogP contribution in [0.15, 0.2) is 102 Å². The molecule has 0 amide bonds. The summed E-state index contributed by atoms with van der Waals surface area (Å²) in [6.45, 7) is 11.4. The summed E-state index contributed by atoms with van der Waals surface area (Å²) >= 11 is 0. The van der Waals surface area contributed by atoms with Crippen molar-refractivity contribution in [3.05, 3.63) is 115 Å². The minimum atomic E-state index is -1.36. The van der Waals surface area contributed by atoms with Crippen LogP contribution in [0.1, 0.15) is 25.3 Å². The van der Waals surface area contributed by atoms with Gasteiger partial charge in [-0.05, 0) is 35.0 Å². The fraction of sp³-hybridized carbons (Fsp3) is 0.176. The van der Waals surface area contributed by atoms with Gasteiger partial charge >= 0.3 is 0 Å². The first-order valence-electron chi connectivity index (χ1n) is 13.0. The monoisotopic (exact) mass is 705 g/mol. The average Bonchev–Trinajstić information content (AvgIpc) is 3.32. The van der Waals surface area contributed by atoms with Crippen LogP contribution in [0.4, 0.5) is 0 Å². The minimum absolute atomic E-state index is 0. The SMILES string of the molecule is CC(C)c1ccc(-c2[c-]cccc2)nc1.C[Si](C)(C)c1ccc2c(c1)oc1c(-c3ccccn3)[c-]ccc12.[Ir]. The second-order valence-corrected chi connectivity index (χ2v) is 15.9. The molecule has 0 saturated carbocycles. The first-order valence-corrected chi connectivity index (χ1v) is 16.5. The molecule has 199 valence electrons. The Hall–Kier alpha value is -3.37. The summed E-state index contributed by atoms with van der Waals surface area (Å²) in [6, 6.07) is 35.1. The number of benzene rings is 3. The summed E-state index contributed by atoms with van der Waals surface area (Å²) in [5.41, 5.74) is 6.95. The average molecular weight is 705 g/mol. The van der Waals surface area contributed by atoms with Gasteiger partial charge in [0.05, 0.1) is 13.7 Å². The van der Waals surface area contributed by atoms with Gasteiger partial charge in [-0.3, -0.25) is 0 Å². The minimum Gasteiger partial charge on any atom is -0.501 e. The van der Waals surface area contributed by atoms with E-state index < -0.39 is 8.07 Å². The first kappa shape index (κ1) is 28.6. The molecule has 0 spiro atoms. The van der Waals surface area contributed by atoms with Crippen LogP contribution < -0.4 is 5.19 Å². The Morgan fingerprint density at radius 2 is 1.59 bits per heavy atom. The van der Waals surface area contributed by atoms with Crippen LogP contribution in [0.3, 0.4) is 0 Å². The molecule has 6 aromatic rings.